The van der Waals surface area contributed by atoms with Crippen molar-refractivity contribution in [2.45, 2.75) is 13.3 Å². The molecule has 64 valence electrons. The Bertz CT molecular complexity index is 305. The van der Waals surface area contributed by atoms with Crippen LogP contribution in [0.3, 0.4) is 0 Å². The molecule has 0 N–H and O–H groups in total. The van der Waals surface area contributed by atoms with Gasteiger partial charge in [-0.25, -0.2) is 4.39 Å². The van der Waals surface area contributed by atoms with Crippen molar-refractivity contribution in [3.8, 4) is 0 Å². The molecule has 1 aromatic carbocycles. The molecule has 0 nitrogen and oxygen atoms in total. The summed E-state index contributed by atoms with van der Waals surface area (Å²) in [5, 5.41) is 0.574. The number of hydrogen-bond donors (Lipinski definition) is 0. The third-order valence-electron chi connectivity index (χ3n) is 1.69. The average Bonchev–Trinajstić information content (AvgIpc) is 1.94. The molecule has 0 amide bonds. The minimum absolute atomic E-state index is 0.212. The number of rotatable bonds is 2. The SMILES string of the molecule is C=C(Cl)Cc1ccc(F)cc1C. The molecule has 0 aliphatic rings. The summed E-state index contributed by atoms with van der Waals surface area (Å²) in [6.07, 6.45) is 0.605. The van der Waals surface area contributed by atoms with E-state index in [4.69, 9.17) is 11.6 Å². The third-order valence-corrected chi connectivity index (χ3v) is 1.82. The van der Waals surface area contributed by atoms with Crippen LogP contribution in [0.15, 0.2) is 29.8 Å². The normalized spacial score (nSPS) is 9.92. The molecule has 1 rings (SSSR count). The monoisotopic (exact) mass is 184 g/mol. The Morgan fingerprint density at radius 2 is 2.25 bits per heavy atom. The highest BCUT2D eigenvalue weighted by Crippen LogP contribution is 2.15. The predicted octanol–water partition coefficient (Wildman–Crippen LogP) is 3.43. The average molecular weight is 185 g/mol. The summed E-state index contributed by atoms with van der Waals surface area (Å²) in [5.41, 5.74) is 1.94. The number of halogens is 2. The third kappa shape index (κ3) is 2.35. The molecule has 0 radical (unpaired) electrons. The lowest BCUT2D eigenvalue weighted by atomic mass is 10.1. The molecule has 0 heterocycles. The zero-order chi connectivity index (χ0) is 9.14. The first-order valence-corrected chi connectivity index (χ1v) is 4.05. The molecule has 0 bridgehead atoms. The molecule has 0 saturated heterocycles. The van der Waals surface area contributed by atoms with E-state index in [-0.39, 0.29) is 5.82 Å². The van der Waals surface area contributed by atoms with Crippen LogP contribution in [0, 0.1) is 12.7 Å². The van der Waals surface area contributed by atoms with Crippen LogP contribution in [0.4, 0.5) is 4.39 Å². The van der Waals surface area contributed by atoms with Crippen molar-refractivity contribution in [1.82, 2.24) is 0 Å². The first-order valence-electron chi connectivity index (χ1n) is 3.68. The molecule has 0 saturated carbocycles. The molecule has 0 aliphatic heterocycles. The first-order chi connectivity index (χ1) is 5.59. The van der Waals surface area contributed by atoms with Gasteiger partial charge in [0, 0.05) is 11.5 Å². The lowest BCUT2D eigenvalue weighted by molar-refractivity contribution is 0.626. The standard InChI is InChI=1S/C10H10ClF/c1-7-5-10(12)4-3-9(7)6-8(2)11/h3-5H,2,6H2,1H3. The summed E-state index contributed by atoms with van der Waals surface area (Å²) < 4.78 is 12.6. The highest BCUT2D eigenvalue weighted by atomic mass is 35.5. The second-order valence-electron chi connectivity index (χ2n) is 2.76. The second kappa shape index (κ2) is 3.72. The Morgan fingerprint density at radius 1 is 1.58 bits per heavy atom. The van der Waals surface area contributed by atoms with E-state index in [1.165, 1.54) is 12.1 Å². The lowest BCUT2D eigenvalue weighted by Crippen LogP contribution is -1.89. The van der Waals surface area contributed by atoms with Crippen LogP contribution in [0.2, 0.25) is 0 Å². The predicted molar refractivity (Wildman–Crippen MR) is 49.8 cm³/mol. The maximum atomic E-state index is 12.6. The topological polar surface area (TPSA) is 0 Å². The number of hydrogen-bond acceptors (Lipinski definition) is 0. The van der Waals surface area contributed by atoms with Crippen LogP contribution < -0.4 is 0 Å². The van der Waals surface area contributed by atoms with Gasteiger partial charge in [-0.05, 0) is 30.2 Å². The molecular formula is C10H10ClF. The number of allylic oxidation sites excluding steroid dienone is 1. The van der Waals surface area contributed by atoms with Gasteiger partial charge in [0.2, 0.25) is 0 Å². The van der Waals surface area contributed by atoms with Crippen LogP contribution in [-0.2, 0) is 6.42 Å². The summed E-state index contributed by atoms with van der Waals surface area (Å²) in [4.78, 5) is 0. The van der Waals surface area contributed by atoms with Crippen molar-refractivity contribution in [1.29, 1.82) is 0 Å². The molecule has 0 spiro atoms. The van der Waals surface area contributed by atoms with Crippen molar-refractivity contribution in [3.05, 3.63) is 46.8 Å². The minimum Gasteiger partial charge on any atom is -0.207 e. The van der Waals surface area contributed by atoms with Crippen molar-refractivity contribution in [2.24, 2.45) is 0 Å². The van der Waals surface area contributed by atoms with E-state index in [9.17, 15) is 4.39 Å². The van der Waals surface area contributed by atoms with E-state index >= 15 is 0 Å². The van der Waals surface area contributed by atoms with Crippen LogP contribution in [0.5, 0.6) is 0 Å². The van der Waals surface area contributed by atoms with E-state index in [1.54, 1.807) is 6.07 Å². The van der Waals surface area contributed by atoms with Gasteiger partial charge < -0.3 is 0 Å². The molecule has 12 heavy (non-hydrogen) atoms. The van der Waals surface area contributed by atoms with Gasteiger partial charge >= 0.3 is 0 Å². The van der Waals surface area contributed by atoms with Crippen molar-refractivity contribution in [2.75, 3.05) is 0 Å². The van der Waals surface area contributed by atoms with E-state index in [0.29, 0.717) is 11.5 Å². The van der Waals surface area contributed by atoms with Gasteiger partial charge in [-0.3, -0.25) is 0 Å². The zero-order valence-electron chi connectivity index (χ0n) is 6.90. The van der Waals surface area contributed by atoms with E-state index in [2.05, 4.69) is 6.58 Å². The fourth-order valence-electron chi connectivity index (χ4n) is 1.06. The maximum absolute atomic E-state index is 12.6. The van der Waals surface area contributed by atoms with Gasteiger partial charge in [0.05, 0.1) is 0 Å². The molecule has 2 heteroatoms. The Labute approximate surface area is 76.7 Å². The van der Waals surface area contributed by atoms with E-state index in [0.717, 1.165) is 11.1 Å². The van der Waals surface area contributed by atoms with Gasteiger partial charge in [0.15, 0.2) is 0 Å². The smallest absolute Gasteiger partial charge is 0.123 e. The van der Waals surface area contributed by atoms with Gasteiger partial charge in [0.25, 0.3) is 0 Å². The van der Waals surface area contributed by atoms with E-state index < -0.39 is 0 Å². The van der Waals surface area contributed by atoms with Gasteiger partial charge in [-0.1, -0.05) is 24.2 Å². The van der Waals surface area contributed by atoms with Crippen LogP contribution >= 0.6 is 11.6 Å². The molecular weight excluding hydrogens is 175 g/mol. The highest BCUT2D eigenvalue weighted by molar-refractivity contribution is 6.29. The van der Waals surface area contributed by atoms with Crippen LogP contribution in [0.1, 0.15) is 11.1 Å². The Kier molecular flexibility index (Phi) is 2.88. The van der Waals surface area contributed by atoms with Crippen LogP contribution in [-0.4, -0.2) is 0 Å². The molecule has 0 atom stereocenters. The summed E-state index contributed by atoms with van der Waals surface area (Å²) >= 11 is 5.64. The lowest BCUT2D eigenvalue weighted by Gasteiger charge is -2.03. The Morgan fingerprint density at radius 3 is 2.75 bits per heavy atom. The van der Waals surface area contributed by atoms with E-state index in [1.807, 2.05) is 6.92 Å². The molecule has 0 fully saturated rings. The fraction of sp³-hybridized carbons (Fsp3) is 0.200. The molecule has 0 aromatic heterocycles. The number of aryl methyl sites for hydroxylation is 1. The maximum Gasteiger partial charge on any atom is 0.123 e. The summed E-state index contributed by atoms with van der Waals surface area (Å²) in [7, 11) is 0. The largest absolute Gasteiger partial charge is 0.207 e. The van der Waals surface area contributed by atoms with Crippen molar-refractivity contribution >= 4 is 11.6 Å². The van der Waals surface area contributed by atoms with Crippen molar-refractivity contribution < 1.29 is 4.39 Å². The fourth-order valence-corrected chi connectivity index (χ4v) is 1.21. The second-order valence-corrected chi connectivity index (χ2v) is 3.30. The summed E-state index contributed by atoms with van der Waals surface area (Å²) in [6.45, 7) is 5.44. The first kappa shape index (κ1) is 9.27. The molecule has 0 unspecified atom stereocenters. The minimum atomic E-state index is -0.212. The highest BCUT2D eigenvalue weighted by Gasteiger charge is 2.00. The summed E-state index contributed by atoms with van der Waals surface area (Å²) in [6, 6.07) is 4.66. The Hall–Kier alpha value is -0.820. The van der Waals surface area contributed by atoms with Gasteiger partial charge in [0.1, 0.15) is 5.82 Å². The quantitative estimate of drug-likeness (QED) is 0.661. The molecule has 1 aromatic rings. The Balaban J connectivity index is 2.93. The van der Waals surface area contributed by atoms with Gasteiger partial charge in [-0.15, -0.1) is 0 Å². The number of benzene rings is 1. The molecule has 0 aliphatic carbocycles. The van der Waals surface area contributed by atoms with Gasteiger partial charge in [-0.2, -0.15) is 0 Å². The van der Waals surface area contributed by atoms with Crippen LogP contribution in [0.25, 0.3) is 0 Å². The zero-order valence-corrected chi connectivity index (χ0v) is 7.66. The summed E-state index contributed by atoms with van der Waals surface area (Å²) in [5.74, 6) is -0.212. The van der Waals surface area contributed by atoms with Crippen molar-refractivity contribution in [3.63, 3.8) is 0 Å².